The van der Waals surface area contributed by atoms with E-state index < -0.39 is 0 Å². The Morgan fingerprint density at radius 3 is 2.58 bits per heavy atom. The minimum absolute atomic E-state index is 0.564. The molecule has 0 bridgehead atoms. The normalized spacial score (nSPS) is 10.6. The monoisotopic (exact) mass is 261 g/mol. The molecule has 0 saturated heterocycles. The van der Waals surface area contributed by atoms with Gasteiger partial charge < -0.3 is 10.1 Å². The third kappa shape index (κ3) is 2.83. The fourth-order valence-electron chi connectivity index (χ4n) is 1.99. The van der Waals surface area contributed by atoms with Crippen LogP contribution in [0.25, 0.3) is 0 Å². The fraction of sp³-hybridized carbons (Fsp3) is 0.462. The van der Waals surface area contributed by atoms with Crippen LogP contribution in [0, 0.1) is 20.8 Å². The van der Waals surface area contributed by atoms with Gasteiger partial charge in [0.05, 0.1) is 12.8 Å². The highest BCUT2D eigenvalue weighted by molar-refractivity contribution is 5.40. The molecule has 6 heteroatoms. The Morgan fingerprint density at radius 2 is 2.00 bits per heavy atom. The Kier molecular flexibility index (Phi) is 3.69. The quantitative estimate of drug-likeness (QED) is 0.908. The van der Waals surface area contributed by atoms with E-state index >= 15 is 0 Å². The molecule has 0 radical (unpaired) electrons. The van der Waals surface area contributed by atoms with E-state index in [1.165, 1.54) is 5.56 Å². The first-order valence-electron chi connectivity index (χ1n) is 6.14. The molecule has 0 unspecified atom stereocenters. The van der Waals surface area contributed by atoms with Crippen molar-refractivity contribution in [3.63, 3.8) is 0 Å². The number of hydrogen-bond donors (Lipinski definition) is 1. The molecule has 102 valence electrons. The van der Waals surface area contributed by atoms with Crippen molar-refractivity contribution >= 4 is 5.82 Å². The fourth-order valence-corrected chi connectivity index (χ4v) is 1.99. The number of hydrogen-bond acceptors (Lipinski definition) is 5. The van der Waals surface area contributed by atoms with E-state index in [0.29, 0.717) is 18.2 Å². The SMILES string of the molecule is COc1cc(NCc2c(C)nn(C)c2C)nc(C)n1. The third-order valence-electron chi connectivity index (χ3n) is 3.13. The molecule has 0 saturated carbocycles. The molecule has 0 fully saturated rings. The second-order valence-electron chi connectivity index (χ2n) is 4.47. The largest absolute Gasteiger partial charge is 0.481 e. The average molecular weight is 261 g/mol. The van der Waals surface area contributed by atoms with Gasteiger partial charge in [0.2, 0.25) is 5.88 Å². The van der Waals surface area contributed by atoms with Gasteiger partial charge in [0.1, 0.15) is 11.6 Å². The second kappa shape index (κ2) is 5.26. The molecule has 0 amide bonds. The molecule has 0 aliphatic rings. The molecule has 0 aliphatic heterocycles. The minimum atomic E-state index is 0.564. The summed E-state index contributed by atoms with van der Waals surface area (Å²) >= 11 is 0. The van der Waals surface area contributed by atoms with Gasteiger partial charge in [0.25, 0.3) is 0 Å². The van der Waals surface area contributed by atoms with Gasteiger partial charge in [0, 0.05) is 30.9 Å². The van der Waals surface area contributed by atoms with Crippen molar-refractivity contribution in [2.45, 2.75) is 27.3 Å². The minimum Gasteiger partial charge on any atom is -0.481 e. The van der Waals surface area contributed by atoms with Crippen LogP contribution in [-0.4, -0.2) is 26.9 Å². The van der Waals surface area contributed by atoms with Crippen molar-refractivity contribution in [1.82, 2.24) is 19.7 Å². The van der Waals surface area contributed by atoms with Crippen LogP contribution in [0.3, 0.4) is 0 Å². The van der Waals surface area contributed by atoms with Gasteiger partial charge in [0.15, 0.2) is 0 Å². The predicted octanol–water partition coefficient (Wildman–Crippen LogP) is 1.76. The van der Waals surface area contributed by atoms with E-state index in [1.54, 1.807) is 13.2 Å². The second-order valence-corrected chi connectivity index (χ2v) is 4.47. The summed E-state index contributed by atoms with van der Waals surface area (Å²) in [5, 5.41) is 7.68. The number of nitrogens with zero attached hydrogens (tertiary/aromatic N) is 4. The lowest BCUT2D eigenvalue weighted by Crippen LogP contribution is -2.05. The summed E-state index contributed by atoms with van der Waals surface area (Å²) in [7, 11) is 3.55. The Hall–Kier alpha value is -2.11. The average Bonchev–Trinajstić information content (AvgIpc) is 2.60. The van der Waals surface area contributed by atoms with Crippen molar-refractivity contribution in [3.05, 3.63) is 28.8 Å². The maximum atomic E-state index is 5.13. The number of methoxy groups -OCH3 is 1. The van der Waals surface area contributed by atoms with Gasteiger partial charge in [-0.05, 0) is 20.8 Å². The summed E-state index contributed by atoms with van der Waals surface area (Å²) in [6.07, 6.45) is 0. The van der Waals surface area contributed by atoms with Crippen LogP contribution < -0.4 is 10.1 Å². The zero-order valence-corrected chi connectivity index (χ0v) is 12.0. The first-order valence-corrected chi connectivity index (χ1v) is 6.14. The molecule has 0 aliphatic carbocycles. The highest BCUT2D eigenvalue weighted by Gasteiger charge is 2.09. The molecule has 6 nitrogen and oxygen atoms in total. The van der Waals surface area contributed by atoms with Crippen LogP contribution in [0.15, 0.2) is 6.07 Å². The zero-order valence-electron chi connectivity index (χ0n) is 12.0. The Bertz CT molecular complexity index is 591. The number of nitrogens with one attached hydrogen (secondary N) is 1. The van der Waals surface area contributed by atoms with Crippen molar-refractivity contribution in [3.8, 4) is 5.88 Å². The summed E-state index contributed by atoms with van der Waals surface area (Å²) in [6, 6.07) is 1.79. The maximum Gasteiger partial charge on any atom is 0.218 e. The molecular formula is C13H19N5O. The molecule has 2 heterocycles. The van der Waals surface area contributed by atoms with E-state index in [1.807, 2.05) is 25.6 Å². The number of ether oxygens (including phenoxy) is 1. The van der Waals surface area contributed by atoms with Gasteiger partial charge in [-0.25, -0.2) is 4.98 Å². The van der Waals surface area contributed by atoms with Crippen LogP contribution in [0.4, 0.5) is 5.82 Å². The number of anilines is 1. The molecule has 2 rings (SSSR count). The van der Waals surface area contributed by atoms with Crippen LogP contribution in [0.2, 0.25) is 0 Å². The first kappa shape index (κ1) is 13.3. The van der Waals surface area contributed by atoms with E-state index in [9.17, 15) is 0 Å². The van der Waals surface area contributed by atoms with E-state index in [-0.39, 0.29) is 0 Å². The standard InChI is InChI=1S/C13H19N5O/c1-8-11(9(2)18(4)17-8)7-14-12-6-13(19-5)16-10(3)15-12/h6H,7H2,1-5H3,(H,14,15,16). The van der Waals surface area contributed by atoms with Crippen LogP contribution in [0.1, 0.15) is 22.8 Å². The summed E-state index contributed by atoms with van der Waals surface area (Å²) in [5.74, 6) is 2.00. The van der Waals surface area contributed by atoms with Gasteiger partial charge in [-0.15, -0.1) is 0 Å². The predicted molar refractivity (Wildman–Crippen MR) is 73.3 cm³/mol. The van der Waals surface area contributed by atoms with E-state index in [4.69, 9.17) is 4.74 Å². The Morgan fingerprint density at radius 1 is 1.26 bits per heavy atom. The molecule has 0 aromatic carbocycles. The van der Waals surface area contributed by atoms with Gasteiger partial charge >= 0.3 is 0 Å². The molecule has 0 atom stereocenters. The lowest BCUT2D eigenvalue weighted by Gasteiger charge is -2.08. The van der Waals surface area contributed by atoms with E-state index in [0.717, 1.165) is 17.2 Å². The number of aromatic nitrogens is 4. The van der Waals surface area contributed by atoms with Gasteiger partial charge in [-0.3, -0.25) is 4.68 Å². The third-order valence-corrected chi connectivity index (χ3v) is 3.13. The molecule has 2 aromatic heterocycles. The Labute approximate surface area is 112 Å². The lowest BCUT2D eigenvalue weighted by atomic mass is 10.2. The zero-order chi connectivity index (χ0) is 14.0. The summed E-state index contributed by atoms with van der Waals surface area (Å²) in [4.78, 5) is 8.49. The molecule has 0 spiro atoms. The maximum absolute atomic E-state index is 5.13. The summed E-state index contributed by atoms with van der Waals surface area (Å²) in [5.41, 5.74) is 3.38. The van der Waals surface area contributed by atoms with Gasteiger partial charge in [-0.2, -0.15) is 10.1 Å². The van der Waals surface area contributed by atoms with Crippen molar-refractivity contribution in [2.75, 3.05) is 12.4 Å². The van der Waals surface area contributed by atoms with Crippen LogP contribution in [0.5, 0.6) is 5.88 Å². The van der Waals surface area contributed by atoms with E-state index in [2.05, 4.69) is 27.3 Å². The van der Waals surface area contributed by atoms with Crippen LogP contribution in [-0.2, 0) is 13.6 Å². The molecule has 1 N–H and O–H groups in total. The topological polar surface area (TPSA) is 64.9 Å². The molecule has 2 aromatic rings. The highest BCUT2D eigenvalue weighted by Crippen LogP contribution is 2.16. The molecular weight excluding hydrogens is 242 g/mol. The molecule has 19 heavy (non-hydrogen) atoms. The van der Waals surface area contributed by atoms with Gasteiger partial charge in [-0.1, -0.05) is 0 Å². The van der Waals surface area contributed by atoms with Crippen molar-refractivity contribution in [2.24, 2.45) is 7.05 Å². The van der Waals surface area contributed by atoms with Crippen LogP contribution >= 0.6 is 0 Å². The number of aryl methyl sites for hydroxylation is 3. The van der Waals surface area contributed by atoms with Crippen molar-refractivity contribution in [1.29, 1.82) is 0 Å². The summed E-state index contributed by atoms with van der Waals surface area (Å²) < 4.78 is 7.02. The summed E-state index contributed by atoms with van der Waals surface area (Å²) in [6.45, 7) is 6.60. The number of rotatable bonds is 4. The lowest BCUT2D eigenvalue weighted by molar-refractivity contribution is 0.396. The first-order chi connectivity index (χ1) is 9.01. The highest BCUT2D eigenvalue weighted by atomic mass is 16.5. The smallest absolute Gasteiger partial charge is 0.218 e. The van der Waals surface area contributed by atoms with Crippen molar-refractivity contribution < 1.29 is 4.74 Å². The Balaban J connectivity index is 2.16.